The van der Waals surface area contributed by atoms with Gasteiger partial charge >= 0.3 is 0 Å². The van der Waals surface area contributed by atoms with Crippen molar-refractivity contribution in [1.29, 1.82) is 0 Å². The predicted molar refractivity (Wildman–Crippen MR) is 116 cm³/mol. The highest BCUT2D eigenvalue weighted by Gasteiger charge is 2.16. The molecule has 0 radical (unpaired) electrons. The summed E-state index contributed by atoms with van der Waals surface area (Å²) in [6.07, 6.45) is 0. The second-order valence-corrected chi connectivity index (χ2v) is 8.30. The molecule has 0 spiro atoms. The Morgan fingerprint density at radius 2 is 1.93 bits per heavy atom. The van der Waals surface area contributed by atoms with Crippen molar-refractivity contribution in [2.45, 2.75) is 32.0 Å². The number of thioether (sulfide) groups is 1. The van der Waals surface area contributed by atoms with Crippen molar-refractivity contribution in [1.82, 2.24) is 14.9 Å². The van der Waals surface area contributed by atoms with Crippen molar-refractivity contribution in [2.24, 2.45) is 5.92 Å². The predicted octanol–water partition coefficient (Wildman–Crippen LogP) is 4.29. The summed E-state index contributed by atoms with van der Waals surface area (Å²) in [5, 5.41) is 4.47. The number of para-hydroxylation sites is 1. The van der Waals surface area contributed by atoms with Gasteiger partial charge in [-0.3, -0.25) is 14.2 Å². The molecule has 5 nitrogen and oxygen atoms in total. The Morgan fingerprint density at radius 1 is 1.18 bits per heavy atom. The van der Waals surface area contributed by atoms with Crippen LogP contribution in [-0.4, -0.2) is 27.3 Å². The average Bonchev–Trinajstić information content (AvgIpc) is 2.66. The molecule has 0 unspecified atom stereocenters. The second-order valence-electron chi connectivity index (χ2n) is 6.92. The molecular formula is C21H22ClN3O2S. The number of rotatable bonds is 6. The molecule has 1 atom stereocenters. The summed E-state index contributed by atoms with van der Waals surface area (Å²) >= 11 is 7.36. The minimum atomic E-state index is -0.189. The molecule has 3 aromatic rings. The summed E-state index contributed by atoms with van der Waals surface area (Å²) < 4.78 is 1.51. The summed E-state index contributed by atoms with van der Waals surface area (Å²) in [6, 6.07) is 14.3. The number of halogens is 1. The molecule has 7 heteroatoms. The van der Waals surface area contributed by atoms with Crippen LogP contribution in [-0.2, 0) is 4.79 Å². The fraction of sp³-hybridized carbons (Fsp3) is 0.286. The fourth-order valence-corrected chi connectivity index (χ4v) is 3.65. The van der Waals surface area contributed by atoms with Crippen molar-refractivity contribution < 1.29 is 4.79 Å². The normalized spacial score (nSPS) is 12.3. The molecule has 0 aliphatic heterocycles. The minimum absolute atomic E-state index is 0.0767. The van der Waals surface area contributed by atoms with E-state index in [0.717, 1.165) is 0 Å². The molecule has 2 aromatic carbocycles. The van der Waals surface area contributed by atoms with Gasteiger partial charge in [0.2, 0.25) is 5.91 Å². The van der Waals surface area contributed by atoms with E-state index in [0.29, 0.717) is 32.7 Å². The number of hydrogen-bond acceptors (Lipinski definition) is 4. The van der Waals surface area contributed by atoms with E-state index in [-0.39, 0.29) is 23.3 Å². The van der Waals surface area contributed by atoms with E-state index in [4.69, 9.17) is 11.6 Å². The van der Waals surface area contributed by atoms with Crippen LogP contribution in [0.1, 0.15) is 20.8 Å². The Kier molecular flexibility index (Phi) is 6.42. The van der Waals surface area contributed by atoms with Crippen molar-refractivity contribution in [3.63, 3.8) is 0 Å². The van der Waals surface area contributed by atoms with Crippen LogP contribution in [0.2, 0.25) is 5.02 Å². The van der Waals surface area contributed by atoms with Crippen molar-refractivity contribution in [3.05, 3.63) is 63.9 Å². The largest absolute Gasteiger partial charge is 0.353 e. The van der Waals surface area contributed by atoms with Gasteiger partial charge in [-0.05, 0) is 43.2 Å². The van der Waals surface area contributed by atoms with E-state index in [9.17, 15) is 9.59 Å². The molecule has 0 aliphatic carbocycles. The van der Waals surface area contributed by atoms with Crippen LogP contribution in [0.5, 0.6) is 0 Å². The van der Waals surface area contributed by atoms with E-state index in [1.807, 2.05) is 13.0 Å². The molecule has 0 saturated carbocycles. The lowest BCUT2D eigenvalue weighted by atomic mass is 10.1. The first-order valence-electron chi connectivity index (χ1n) is 9.06. The monoisotopic (exact) mass is 415 g/mol. The van der Waals surface area contributed by atoms with Gasteiger partial charge in [0, 0.05) is 11.1 Å². The van der Waals surface area contributed by atoms with Crippen molar-refractivity contribution in [2.75, 3.05) is 5.75 Å². The van der Waals surface area contributed by atoms with Gasteiger partial charge in [-0.15, -0.1) is 0 Å². The maximum Gasteiger partial charge on any atom is 0.266 e. The molecule has 1 aromatic heterocycles. The zero-order valence-corrected chi connectivity index (χ0v) is 17.6. The summed E-state index contributed by atoms with van der Waals surface area (Å²) in [5.74, 6) is 0.422. The van der Waals surface area contributed by atoms with Gasteiger partial charge in [0.15, 0.2) is 5.16 Å². The standard InChI is InChI=1S/C21H22ClN3O2S/c1-13(2)14(3)23-19(26)12-28-21-24-18-10-5-4-9-17(18)20(27)25(21)16-8-6-7-15(22)11-16/h4-11,13-14H,12H2,1-3H3,(H,23,26)/t14-/m1/s1. The van der Waals surface area contributed by atoms with E-state index in [1.54, 1.807) is 42.5 Å². The lowest BCUT2D eigenvalue weighted by Crippen LogP contribution is -2.37. The number of nitrogens with one attached hydrogen (secondary N) is 1. The lowest BCUT2D eigenvalue weighted by molar-refractivity contribution is -0.119. The van der Waals surface area contributed by atoms with Gasteiger partial charge in [-0.2, -0.15) is 0 Å². The van der Waals surface area contributed by atoms with Gasteiger partial charge in [0.25, 0.3) is 5.56 Å². The number of amides is 1. The molecule has 1 amide bonds. The molecule has 1 heterocycles. The first-order valence-corrected chi connectivity index (χ1v) is 10.4. The van der Waals surface area contributed by atoms with Crippen LogP contribution in [0.25, 0.3) is 16.6 Å². The van der Waals surface area contributed by atoms with Gasteiger partial charge in [-0.25, -0.2) is 4.98 Å². The quantitative estimate of drug-likeness (QED) is 0.481. The molecule has 0 saturated heterocycles. The Hall–Kier alpha value is -2.31. The highest BCUT2D eigenvalue weighted by Crippen LogP contribution is 2.23. The Balaban J connectivity index is 2.00. The Bertz CT molecular complexity index is 1060. The fourth-order valence-electron chi connectivity index (χ4n) is 2.64. The topological polar surface area (TPSA) is 64.0 Å². The molecule has 1 N–H and O–H groups in total. The number of benzene rings is 2. The van der Waals surface area contributed by atoms with E-state index in [1.165, 1.54) is 16.3 Å². The van der Waals surface area contributed by atoms with Crippen molar-refractivity contribution in [3.8, 4) is 5.69 Å². The third-order valence-electron chi connectivity index (χ3n) is 4.53. The number of nitrogens with zero attached hydrogens (tertiary/aromatic N) is 2. The zero-order valence-electron chi connectivity index (χ0n) is 16.0. The molecule has 0 bridgehead atoms. The first-order chi connectivity index (χ1) is 13.4. The molecule has 28 heavy (non-hydrogen) atoms. The van der Waals surface area contributed by atoms with Gasteiger partial charge in [-0.1, -0.05) is 55.4 Å². The van der Waals surface area contributed by atoms with E-state index >= 15 is 0 Å². The van der Waals surface area contributed by atoms with Crippen LogP contribution in [0.3, 0.4) is 0 Å². The molecular weight excluding hydrogens is 394 g/mol. The number of carbonyl (C=O) groups is 1. The van der Waals surface area contributed by atoms with Gasteiger partial charge in [0.1, 0.15) is 0 Å². The maximum absolute atomic E-state index is 13.1. The number of carbonyl (C=O) groups excluding carboxylic acids is 1. The van der Waals surface area contributed by atoms with Crippen LogP contribution in [0.15, 0.2) is 58.5 Å². The minimum Gasteiger partial charge on any atom is -0.353 e. The van der Waals surface area contributed by atoms with Crippen molar-refractivity contribution >= 4 is 40.2 Å². The van der Waals surface area contributed by atoms with Gasteiger partial charge in [0.05, 0.1) is 22.3 Å². The Labute approximate surface area is 173 Å². The van der Waals surface area contributed by atoms with Crippen LogP contribution >= 0.6 is 23.4 Å². The van der Waals surface area contributed by atoms with E-state index < -0.39 is 0 Å². The Morgan fingerprint density at radius 3 is 2.64 bits per heavy atom. The van der Waals surface area contributed by atoms with Crippen LogP contribution in [0, 0.1) is 5.92 Å². The van der Waals surface area contributed by atoms with Crippen LogP contribution < -0.4 is 10.9 Å². The smallest absolute Gasteiger partial charge is 0.266 e. The zero-order chi connectivity index (χ0) is 20.3. The third-order valence-corrected chi connectivity index (χ3v) is 5.71. The first kappa shape index (κ1) is 20.4. The van der Waals surface area contributed by atoms with E-state index in [2.05, 4.69) is 24.1 Å². The highest BCUT2D eigenvalue weighted by atomic mass is 35.5. The molecule has 0 aliphatic rings. The maximum atomic E-state index is 13.1. The third kappa shape index (κ3) is 4.56. The molecule has 146 valence electrons. The second kappa shape index (κ2) is 8.80. The summed E-state index contributed by atoms with van der Waals surface area (Å²) in [6.45, 7) is 6.09. The van der Waals surface area contributed by atoms with Crippen LogP contribution in [0.4, 0.5) is 0 Å². The average molecular weight is 416 g/mol. The number of aromatic nitrogens is 2. The number of hydrogen-bond donors (Lipinski definition) is 1. The highest BCUT2D eigenvalue weighted by molar-refractivity contribution is 7.99. The SMILES string of the molecule is CC(C)[C@@H](C)NC(=O)CSc1nc2ccccc2c(=O)n1-c1cccc(Cl)c1. The lowest BCUT2D eigenvalue weighted by Gasteiger charge is -2.18. The number of fused-ring (bicyclic) bond motifs is 1. The summed E-state index contributed by atoms with van der Waals surface area (Å²) in [4.78, 5) is 30.1. The summed E-state index contributed by atoms with van der Waals surface area (Å²) in [5.41, 5.74) is 1.03. The van der Waals surface area contributed by atoms with Gasteiger partial charge < -0.3 is 5.32 Å². The summed E-state index contributed by atoms with van der Waals surface area (Å²) in [7, 11) is 0. The molecule has 3 rings (SSSR count). The molecule has 0 fully saturated rings.